The summed E-state index contributed by atoms with van der Waals surface area (Å²) in [5.41, 5.74) is 5.88. The van der Waals surface area contributed by atoms with E-state index in [2.05, 4.69) is 18.8 Å². The normalized spacial score (nSPS) is 23.5. The number of aromatic nitrogens is 1. The van der Waals surface area contributed by atoms with Gasteiger partial charge in [-0.05, 0) is 0 Å². The van der Waals surface area contributed by atoms with Crippen LogP contribution in [0.1, 0.15) is 23.5 Å². The molecule has 1 saturated heterocycles. The first-order chi connectivity index (χ1) is 8.88. The van der Waals surface area contributed by atoms with Crippen LogP contribution in [0.4, 0.5) is 10.9 Å². The van der Waals surface area contributed by atoms with Gasteiger partial charge in [-0.3, -0.25) is 4.79 Å². The summed E-state index contributed by atoms with van der Waals surface area (Å²) in [6.07, 6.45) is 0. The number of thioether (sulfide) groups is 1. The Kier molecular flexibility index (Phi) is 4.25. The molecule has 5 nitrogen and oxygen atoms in total. The van der Waals surface area contributed by atoms with Crippen LogP contribution in [0, 0.1) is 0 Å². The molecule has 0 saturated carbocycles. The fourth-order valence-electron chi connectivity index (χ4n) is 2.15. The van der Waals surface area contributed by atoms with Gasteiger partial charge in [0.1, 0.15) is 10.7 Å². The molecule has 19 heavy (non-hydrogen) atoms. The molecule has 1 aromatic heterocycles. The highest BCUT2D eigenvalue weighted by Crippen LogP contribution is 2.31. The van der Waals surface area contributed by atoms with E-state index in [4.69, 9.17) is 5.73 Å². The second-order valence-corrected chi connectivity index (χ2v) is 7.93. The van der Waals surface area contributed by atoms with Gasteiger partial charge in [0, 0.05) is 37.7 Å². The zero-order valence-electron chi connectivity index (χ0n) is 11.7. The summed E-state index contributed by atoms with van der Waals surface area (Å²) in [7, 11) is 3.79. The molecule has 2 rings (SSSR count). The highest BCUT2D eigenvalue weighted by Gasteiger charge is 2.29. The molecule has 1 fully saturated rings. The van der Waals surface area contributed by atoms with Gasteiger partial charge in [0.25, 0.3) is 5.91 Å². The molecule has 2 unspecified atom stereocenters. The number of amides is 1. The van der Waals surface area contributed by atoms with Crippen molar-refractivity contribution in [3.8, 4) is 0 Å². The number of thiazole rings is 1. The van der Waals surface area contributed by atoms with Crippen LogP contribution >= 0.6 is 23.1 Å². The lowest BCUT2D eigenvalue weighted by atomic mass is 10.3. The van der Waals surface area contributed by atoms with Gasteiger partial charge in [0.2, 0.25) is 0 Å². The number of nitrogen functional groups attached to an aromatic ring is 1. The van der Waals surface area contributed by atoms with Crippen LogP contribution in [0.2, 0.25) is 0 Å². The number of nitrogens with zero attached hydrogens (tertiary/aromatic N) is 3. The van der Waals surface area contributed by atoms with Crippen LogP contribution in [0.15, 0.2) is 0 Å². The van der Waals surface area contributed by atoms with Crippen LogP contribution in [0.25, 0.3) is 0 Å². The van der Waals surface area contributed by atoms with E-state index >= 15 is 0 Å². The molecule has 7 heteroatoms. The standard InChI is InChI=1S/C12H20N4OS2/c1-7-5-16(6-8(2)18-7)11(17)9-10(13)14-12(19-9)15(3)4/h7-8H,5-6,13H2,1-4H3. The molecular weight excluding hydrogens is 280 g/mol. The lowest BCUT2D eigenvalue weighted by molar-refractivity contribution is 0.0759. The summed E-state index contributed by atoms with van der Waals surface area (Å²) >= 11 is 3.29. The molecule has 0 spiro atoms. The molecule has 1 aliphatic rings. The van der Waals surface area contributed by atoms with Gasteiger partial charge < -0.3 is 15.5 Å². The van der Waals surface area contributed by atoms with Crippen molar-refractivity contribution in [2.75, 3.05) is 37.8 Å². The number of carbonyl (C=O) groups excluding carboxylic acids is 1. The maximum atomic E-state index is 12.5. The van der Waals surface area contributed by atoms with Crippen molar-refractivity contribution in [1.29, 1.82) is 0 Å². The van der Waals surface area contributed by atoms with E-state index in [1.807, 2.05) is 35.7 Å². The SMILES string of the molecule is CC1CN(C(=O)c2sc(N(C)C)nc2N)CC(C)S1. The third kappa shape index (κ3) is 3.14. The van der Waals surface area contributed by atoms with Crippen molar-refractivity contribution >= 4 is 40.0 Å². The van der Waals surface area contributed by atoms with E-state index in [1.54, 1.807) is 0 Å². The van der Waals surface area contributed by atoms with Crippen LogP contribution in [0.3, 0.4) is 0 Å². The molecule has 2 atom stereocenters. The Labute approximate surface area is 122 Å². The summed E-state index contributed by atoms with van der Waals surface area (Å²) in [5.74, 6) is 0.360. The fraction of sp³-hybridized carbons (Fsp3) is 0.667. The molecule has 0 aromatic carbocycles. The second-order valence-electron chi connectivity index (χ2n) is 5.07. The molecule has 1 aromatic rings. The van der Waals surface area contributed by atoms with Gasteiger partial charge in [0.15, 0.2) is 5.13 Å². The molecule has 1 aliphatic heterocycles. The van der Waals surface area contributed by atoms with Gasteiger partial charge >= 0.3 is 0 Å². The Bertz CT molecular complexity index is 464. The van der Waals surface area contributed by atoms with E-state index in [9.17, 15) is 4.79 Å². The maximum Gasteiger partial charge on any atom is 0.267 e. The van der Waals surface area contributed by atoms with E-state index in [0.717, 1.165) is 18.2 Å². The van der Waals surface area contributed by atoms with Gasteiger partial charge in [-0.1, -0.05) is 25.2 Å². The number of hydrogen-bond acceptors (Lipinski definition) is 6. The Morgan fingerprint density at radius 3 is 2.42 bits per heavy atom. The average molecular weight is 300 g/mol. The summed E-state index contributed by atoms with van der Waals surface area (Å²) in [6.45, 7) is 5.87. The number of carbonyl (C=O) groups is 1. The number of anilines is 2. The van der Waals surface area contributed by atoms with Gasteiger partial charge in [-0.2, -0.15) is 11.8 Å². The fourth-order valence-corrected chi connectivity index (χ4v) is 4.35. The minimum Gasteiger partial charge on any atom is -0.382 e. The van der Waals surface area contributed by atoms with E-state index < -0.39 is 0 Å². The first-order valence-corrected chi connectivity index (χ1v) is 8.02. The second kappa shape index (κ2) is 5.58. The first kappa shape index (κ1) is 14.5. The van der Waals surface area contributed by atoms with Crippen molar-refractivity contribution < 1.29 is 4.79 Å². The van der Waals surface area contributed by atoms with Gasteiger partial charge in [-0.15, -0.1) is 0 Å². The zero-order chi connectivity index (χ0) is 14.2. The lowest BCUT2D eigenvalue weighted by Gasteiger charge is -2.34. The van der Waals surface area contributed by atoms with E-state index in [0.29, 0.717) is 21.2 Å². The smallest absolute Gasteiger partial charge is 0.267 e. The van der Waals surface area contributed by atoms with Crippen molar-refractivity contribution in [3.05, 3.63) is 4.88 Å². The van der Waals surface area contributed by atoms with Crippen molar-refractivity contribution in [3.63, 3.8) is 0 Å². The molecule has 0 aliphatic carbocycles. The summed E-state index contributed by atoms with van der Waals surface area (Å²) in [4.78, 5) is 21.1. The lowest BCUT2D eigenvalue weighted by Crippen LogP contribution is -2.43. The maximum absolute atomic E-state index is 12.5. The largest absolute Gasteiger partial charge is 0.382 e. The zero-order valence-corrected chi connectivity index (χ0v) is 13.3. The van der Waals surface area contributed by atoms with Crippen molar-refractivity contribution in [1.82, 2.24) is 9.88 Å². The molecule has 106 valence electrons. The summed E-state index contributed by atoms with van der Waals surface area (Å²) in [6, 6.07) is 0. The van der Waals surface area contributed by atoms with Crippen molar-refractivity contribution in [2.45, 2.75) is 24.3 Å². The monoisotopic (exact) mass is 300 g/mol. The van der Waals surface area contributed by atoms with Crippen LogP contribution in [-0.2, 0) is 0 Å². The predicted molar refractivity (Wildman–Crippen MR) is 83.3 cm³/mol. The average Bonchev–Trinajstić information content (AvgIpc) is 2.69. The van der Waals surface area contributed by atoms with Crippen molar-refractivity contribution in [2.24, 2.45) is 0 Å². The molecule has 0 bridgehead atoms. The molecule has 2 heterocycles. The molecule has 1 amide bonds. The third-order valence-corrected chi connectivity index (χ3v) is 5.38. The van der Waals surface area contributed by atoms with Crippen LogP contribution in [0.5, 0.6) is 0 Å². The minimum absolute atomic E-state index is 0.0158. The Hall–Kier alpha value is -0.950. The topological polar surface area (TPSA) is 62.5 Å². The Balaban J connectivity index is 2.19. The molecular formula is C12H20N4OS2. The quantitative estimate of drug-likeness (QED) is 0.901. The minimum atomic E-state index is 0.0158. The number of nitrogens with two attached hydrogens (primary N) is 1. The van der Waals surface area contributed by atoms with Gasteiger partial charge in [0.05, 0.1) is 0 Å². The summed E-state index contributed by atoms with van der Waals surface area (Å²) in [5, 5.41) is 1.71. The number of hydrogen-bond donors (Lipinski definition) is 1. The van der Waals surface area contributed by atoms with Gasteiger partial charge in [-0.25, -0.2) is 4.98 Å². The predicted octanol–water partition coefficient (Wildman–Crippen LogP) is 1.76. The molecule has 0 radical (unpaired) electrons. The summed E-state index contributed by atoms with van der Waals surface area (Å²) < 4.78 is 0. The highest BCUT2D eigenvalue weighted by molar-refractivity contribution is 8.00. The Morgan fingerprint density at radius 2 is 1.95 bits per heavy atom. The number of rotatable bonds is 2. The third-order valence-electron chi connectivity index (χ3n) is 2.93. The van der Waals surface area contributed by atoms with Crippen LogP contribution < -0.4 is 10.6 Å². The van der Waals surface area contributed by atoms with E-state index in [1.165, 1.54) is 11.3 Å². The van der Waals surface area contributed by atoms with E-state index in [-0.39, 0.29) is 5.91 Å². The highest BCUT2D eigenvalue weighted by atomic mass is 32.2. The Morgan fingerprint density at radius 1 is 1.37 bits per heavy atom. The first-order valence-electron chi connectivity index (χ1n) is 6.26. The molecule has 2 N–H and O–H groups in total. The van der Waals surface area contributed by atoms with Crippen LogP contribution in [-0.4, -0.2) is 53.5 Å².